The summed E-state index contributed by atoms with van der Waals surface area (Å²) in [5, 5.41) is 20.5. The number of nitrogens with one attached hydrogen (secondary N) is 2. The van der Waals surface area contributed by atoms with Crippen LogP contribution in [0.4, 0.5) is 8.78 Å². The van der Waals surface area contributed by atoms with E-state index in [-0.39, 0.29) is 34.6 Å². The Hall–Kier alpha value is -4.13. The summed E-state index contributed by atoms with van der Waals surface area (Å²) in [6.45, 7) is 1.09. The van der Waals surface area contributed by atoms with Gasteiger partial charge in [0.1, 0.15) is 23.0 Å². The highest BCUT2D eigenvalue weighted by Crippen LogP contribution is 2.25. The molecular weight excluding hydrogens is 418 g/mol. The van der Waals surface area contributed by atoms with Crippen molar-refractivity contribution in [3.05, 3.63) is 71.1 Å². The van der Waals surface area contributed by atoms with E-state index < -0.39 is 17.5 Å². The molecule has 1 aliphatic heterocycles. The Morgan fingerprint density at radius 2 is 1.94 bits per heavy atom. The standard InChI is InChI=1S/C22H22F2N6O2/c23-14-5-8-18(17(24)10-14)32-16-6-3-13(4-7-16)20(26)19(22(28)31)21(27)29-15-2-1-9-30(11-15)12-25/h3-8,10,15,26,29H,1-2,9,11,27H2,(H2,28,31)/b21-19+,26-20?/t15-/m0/s1. The van der Waals surface area contributed by atoms with Gasteiger partial charge in [0.2, 0.25) is 0 Å². The van der Waals surface area contributed by atoms with Crippen LogP contribution in [-0.4, -0.2) is 35.7 Å². The van der Waals surface area contributed by atoms with Crippen LogP contribution in [0.25, 0.3) is 0 Å². The molecule has 32 heavy (non-hydrogen) atoms. The average molecular weight is 440 g/mol. The predicted octanol–water partition coefficient (Wildman–Crippen LogP) is 2.32. The molecular formula is C22H22F2N6O2. The van der Waals surface area contributed by atoms with Crippen molar-refractivity contribution in [3.63, 3.8) is 0 Å². The van der Waals surface area contributed by atoms with Crippen molar-refractivity contribution in [2.75, 3.05) is 13.1 Å². The van der Waals surface area contributed by atoms with Gasteiger partial charge in [-0.2, -0.15) is 5.26 Å². The van der Waals surface area contributed by atoms with E-state index in [0.717, 1.165) is 18.9 Å². The number of likely N-dealkylation sites (tertiary alicyclic amines) is 1. The van der Waals surface area contributed by atoms with Crippen LogP contribution in [0.2, 0.25) is 0 Å². The fourth-order valence-electron chi connectivity index (χ4n) is 3.39. The largest absolute Gasteiger partial charge is 0.454 e. The number of primary amides is 1. The van der Waals surface area contributed by atoms with Crippen molar-refractivity contribution in [1.29, 1.82) is 10.7 Å². The van der Waals surface area contributed by atoms with Crippen LogP contribution in [-0.2, 0) is 4.79 Å². The van der Waals surface area contributed by atoms with Crippen molar-refractivity contribution in [1.82, 2.24) is 10.2 Å². The molecule has 6 N–H and O–H groups in total. The maximum atomic E-state index is 13.8. The van der Waals surface area contributed by atoms with E-state index in [1.54, 1.807) is 4.90 Å². The van der Waals surface area contributed by atoms with Gasteiger partial charge in [0.05, 0.1) is 5.71 Å². The Morgan fingerprint density at radius 1 is 1.22 bits per heavy atom. The quantitative estimate of drug-likeness (QED) is 0.296. The molecule has 1 aliphatic rings. The third kappa shape index (κ3) is 5.31. The molecule has 0 radical (unpaired) electrons. The molecule has 3 rings (SSSR count). The van der Waals surface area contributed by atoms with E-state index in [1.165, 1.54) is 30.3 Å². The molecule has 0 saturated carbocycles. The van der Waals surface area contributed by atoms with Gasteiger partial charge in [-0.05, 0) is 49.2 Å². The van der Waals surface area contributed by atoms with Crippen LogP contribution in [0.15, 0.2) is 53.9 Å². The average Bonchev–Trinajstić information content (AvgIpc) is 2.76. The summed E-state index contributed by atoms with van der Waals surface area (Å²) in [4.78, 5) is 13.6. The number of amides is 1. The molecule has 0 unspecified atom stereocenters. The van der Waals surface area contributed by atoms with E-state index in [0.29, 0.717) is 24.7 Å². The van der Waals surface area contributed by atoms with Crippen LogP contribution >= 0.6 is 0 Å². The molecule has 2 aromatic carbocycles. The Morgan fingerprint density at radius 3 is 2.56 bits per heavy atom. The summed E-state index contributed by atoms with van der Waals surface area (Å²) in [5.74, 6) is -2.38. The topological polar surface area (TPSA) is 141 Å². The molecule has 0 aromatic heterocycles. The summed E-state index contributed by atoms with van der Waals surface area (Å²) < 4.78 is 32.2. The molecule has 0 aliphatic carbocycles. The van der Waals surface area contributed by atoms with Crippen LogP contribution in [0.1, 0.15) is 18.4 Å². The van der Waals surface area contributed by atoms with Crippen molar-refractivity contribution in [2.24, 2.45) is 11.5 Å². The molecule has 1 atom stereocenters. The van der Waals surface area contributed by atoms with E-state index in [2.05, 4.69) is 11.5 Å². The summed E-state index contributed by atoms with van der Waals surface area (Å²) in [6, 6.07) is 8.72. The number of hydrogen-bond donors (Lipinski definition) is 4. The lowest BCUT2D eigenvalue weighted by atomic mass is 10.0. The number of piperidine rings is 1. The first-order chi connectivity index (χ1) is 15.3. The molecule has 166 valence electrons. The van der Waals surface area contributed by atoms with Crippen molar-refractivity contribution >= 4 is 11.6 Å². The van der Waals surface area contributed by atoms with Crippen LogP contribution in [0.5, 0.6) is 11.5 Å². The second-order valence-corrected chi connectivity index (χ2v) is 7.26. The SMILES string of the molecule is N#CN1CCC[C@H](N/C(N)=C(\C(=N)c2ccc(Oc3ccc(F)cc3F)cc2)C(N)=O)C1. The highest BCUT2D eigenvalue weighted by Gasteiger charge is 2.23. The molecule has 10 heteroatoms. The summed E-state index contributed by atoms with van der Waals surface area (Å²) in [7, 11) is 0. The van der Waals surface area contributed by atoms with Crippen molar-refractivity contribution in [3.8, 4) is 17.7 Å². The predicted molar refractivity (Wildman–Crippen MR) is 113 cm³/mol. The number of ether oxygens (including phenoxy) is 1. The summed E-state index contributed by atoms with van der Waals surface area (Å²) >= 11 is 0. The smallest absolute Gasteiger partial charge is 0.254 e. The number of carbonyl (C=O) groups is 1. The van der Waals surface area contributed by atoms with Gasteiger partial charge < -0.3 is 26.4 Å². The molecule has 1 saturated heterocycles. The van der Waals surface area contributed by atoms with Crippen LogP contribution in [0, 0.1) is 28.5 Å². The third-order valence-electron chi connectivity index (χ3n) is 4.95. The molecule has 0 spiro atoms. The number of nitrogens with zero attached hydrogens (tertiary/aromatic N) is 2. The van der Waals surface area contributed by atoms with Gasteiger partial charge in [-0.25, -0.2) is 8.78 Å². The zero-order valence-corrected chi connectivity index (χ0v) is 17.1. The van der Waals surface area contributed by atoms with Crippen molar-refractivity contribution < 1.29 is 18.3 Å². The Labute approximate surface area is 183 Å². The minimum Gasteiger partial charge on any atom is -0.454 e. The lowest BCUT2D eigenvalue weighted by molar-refractivity contribution is -0.114. The van der Waals surface area contributed by atoms with Gasteiger partial charge >= 0.3 is 0 Å². The number of carbonyl (C=O) groups excluding carboxylic acids is 1. The van der Waals surface area contributed by atoms with Gasteiger partial charge in [0, 0.05) is 30.8 Å². The second kappa shape index (κ2) is 9.78. The molecule has 8 nitrogen and oxygen atoms in total. The Kier molecular flexibility index (Phi) is 6.90. The highest BCUT2D eigenvalue weighted by molar-refractivity contribution is 6.26. The van der Waals surface area contributed by atoms with Crippen LogP contribution in [0.3, 0.4) is 0 Å². The van der Waals surface area contributed by atoms with Gasteiger partial charge in [-0.1, -0.05) is 0 Å². The number of nitriles is 1. The molecule has 2 aromatic rings. The second-order valence-electron chi connectivity index (χ2n) is 7.26. The number of hydrogen-bond acceptors (Lipinski definition) is 7. The van der Waals surface area contributed by atoms with Gasteiger partial charge in [-0.3, -0.25) is 10.2 Å². The Balaban J connectivity index is 1.76. The number of nitrogens with two attached hydrogens (primary N) is 2. The Bertz CT molecular complexity index is 1090. The molecule has 1 fully saturated rings. The zero-order chi connectivity index (χ0) is 23.3. The maximum absolute atomic E-state index is 13.8. The van der Waals surface area contributed by atoms with Gasteiger partial charge in [-0.15, -0.1) is 0 Å². The normalized spacial score (nSPS) is 16.5. The molecule has 0 bridgehead atoms. The van der Waals surface area contributed by atoms with Crippen LogP contribution < -0.4 is 21.5 Å². The van der Waals surface area contributed by atoms with Crippen molar-refractivity contribution in [2.45, 2.75) is 18.9 Å². The van der Waals surface area contributed by atoms with E-state index in [4.69, 9.17) is 26.9 Å². The number of rotatable bonds is 7. The van der Waals surface area contributed by atoms with Gasteiger partial charge in [0.25, 0.3) is 5.91 Å². The highest BCUT2D eigenvalue weighted by atomic mass is 19.1. The monoisotopic (exact) mass is 440 g/mol. The minimum atomic E-state index is -0.873. The molecule has 1 heterocycles. The number of benzene rings is 2. The lowest BCUT2D eigenvalue weighted by Gasteiger charge is -2.30. The minimum absolute atomic E-state index is 0.0407. The first-order valence-corrected chi connectivity index (χ1v) is 9.81. The first-order valence-electron chi connectivity index (χ1n) is 9.81. The number of halogens is 2. The van der Waals surface area contributed by atoms with Gasteiger partial charge in [0.15, 0.2) is 17.8 Å². The maximum Gasteiger partial charge on any atom is 0.254 e. The zero-order valence-electron chi connectivity index (χ0n) is 17.1. The summed E-state index contributed by atoms with van der Waals surface area (Å²) in [6.07, 6.45) is 3.63. The van der Waals surface area contributed by atoms with E-state index in [1.807, 2.05) is 0 Å². The fraction of sp³-hybridized carbons (Fsp3) is 0.227. The fourth-order valence-corrected chi connectivity index (χ4v) is 3.39. The summed E-state index contributed by atoms with van der Waals surface area (Å²) in [5.41, 5.74) is 11.5. The first kappa shape index (κ1) is 22.6. The third-order valence-corrected chi connectivity index (χ3v) is 4.95. The molecule has 1 amide bonds. The lowest BCUT2D eigenvalue weighted by Crippen LogP contribution is -2.46. The van der Waals surface area contributed by atoms with E-state index >= 15 is 0 Å². The van der Waals surface area contributed by atoms with E-state index in [9.17, 15) is 13.6 Å².